The number of nitrogens with zero attached hydrogens (tertiary/aromatic N) is 3. The quantitative estimate of drug-likeness (QED) is 0.823. The van der Waals surface area contributed by atoms with Crippen LogP contribution in [0.1, 0.15) is 45.0 Å². The highest BCUT2D eigenvalue weighted by Gasteiger charge is 2.26. The van der Waals surface area contributed by atoms with Crippen molar-refractivity contribution in [3.63, 3.8) is 0 Å². The smallest absolute Gasteiger partial charge is 0.141 e. The van der Waals surface area contributed by atoms with Crippen LogP contribution in [0.3, 0.4) is 0 Å². The average molecular weight is 257 g/mol. The molecule has 17 heavy (non-hydrogen) atoms. The fourth-order valence-electron chi connectivity index (χ4n) is 2.54. The van der Waals surface area contributed by atoms with Crippen molar-refractivity contribution in [2.75, 3.05) is 5.88 Å². The molecule has 2 rings (SSSR count). The number of hydrogen-bond donors (Lipinski definition) is 1. The van der Waals surface area contributed by atoms with Crippen LogP contribution in [0.25, 0.3) is 0 Å². The second kappa shape index (κ2) is 5.83. The van der Waals surface area contributed by atoms with Gasteiger partial charge in [-0.2, -0.15) is 5.10 Å². The Bertz CT molecular complexity index is 350. The predicted octanol–water partition coefficient (Wildman–Crippen LogP) is 2.36. The zero-order chi connectivity index (χ0) is 12.3. The molecule has 0 radical (unpaired) electrons. The molecule has 1 aromatic rings. The van der Waals surface area contributed by atoms with Crippen LogP contribution in [0, 0.1) is 5.92 Å². The Morgan fingerprint density at radius 2 is 2.35 bits per heavy atom. The highest BCUT2D eigenvalue weighted by molar-refractivity contribution is 6.18. The van der Waals surface area contributed by atoms with Gasteiger partial charge in [-0.15, -0.1) is 11.6 Å². The zero-order valence-electron chi connectivity index (χ0n) is 10.6. The van der Waals surface area contributed by atoms with E-state index >= 15 is 0 Å². The SMILES string of the molecule is CC(C)n1ncnc1CNC1CCCC1CCl. The molecule has 0 aliphatic heterocycles. The van der Waals surface area contributed by atoms with E-state index in [1.54, 1.807) is 6.33 Å². The second-order valence-corrected chi connectivity index (χ2v) is 5.36. The molecule has 0 amide bonds. The lowest BCUT2D eigenvalue weighted by molar-refractivity contribution is 0.408. The van der Waals surface area contributed by atoms with Crippen molar-refractivity contribution >= 4 is 11.6 Å². The maximum Gasteiger partial charge on any atom is 0.141 e. The van der Waals surface area contributed by atoms with E-state index in [0.29, 0.717) is 18.0 Å². The molecular weight excluding hydrogens is 236 g/mol. The van der Waals surface area contributed by atoms with Gasteiger partial charge < -0.3 is 5.32 Å². The van der Waals surface area contributed by atoms with E-state index in [1.807, 2.05) is 4.68 Å². The predicted molar refractivity (Wildman–Crippen MR) is 69.1 cm³/mol. The number of hydrogen-bond acceptors (Lipinski definition) is 3. The van der Waals surface area contributed by atoms with Crippen molar-refractivity contribution in [2.45, 2.75) is 51.7 Å². The van der Waals surface area contributed by atoms with Gasteiger partial charge in [0, 0.05) is 18.0 Å². The van der Waals surface area contributed by atoms with Crippen LogP contribution >= 0.6 is 11.6 Å². The van der Waals surface area contributed by atoms with Crippen molar-refractivity contribution < 1.29 is 0 Å². The summed E-state index contributed by atoms with van der Waals surface area (Å²) < 4.78 is 1.97. The molecule has 0 saturated heterocycles. The summed E-state index contributed by atoms with van der Waals surface area (Å²) in [6.07, 6.45) is 5.39. The zero-order valence-corrected chi connectivity index (χ0v) is 11.3. The van der Waals surface area contributed by atoms with Crippen molar-refractivity contribution in [3.8, 4) is 0 Å². The van der Waals surface area contributed by atoms with Crippen LogP contribution in [-0.2, 0) is 6.54 Å². The number of rotatable bonds is 5. The Hall–Kier alpha value is -0.610. The average Bonchev–Trinajstić information content (AvgIpc) is 2.94. The Morgan fingerprint density at radius 3 is 3.06 bits per heavy atom. The highest BCUT2D eigenvalue weighted by atomic mass is 35.5. The minimum Gasteiger partial charge on any atom is -0.307 e. The Balaban J connectivity index is 1.91. The summed E-state index contributed by atoms with van der Waals surface area (Å²) >= 11 is 5.97. The third-order valence-corrected chi connectivity index (χ3v) is 3.91. The first kappa shape index (κ1) is 12.8. The molecule has 1 saturated carbocycles. The minimum absolute atomic E-state index is 0.363. The molecule has 2 atom stereocenters. The van der Waals surface area contributed by atoms with Gasteiger partial charge in [0.25, 0.3) is 0 Å². The number of aromatic nitrogens is 3. The summed E-state index contributed by atoms with van der Waals surface area (Å²) in [5.41, 5.74) is 0. The third kappa shape index (κ3) is 2.99. The Labute approximate surface area is 108 Å². The van der Waals surface area contributed by atoms with Crippen LogP contribution in [-0.4, -0.2) is 26.7 Å². The van der Waals surface area contributed by atoms with Crippen molar-refractivity contribution in [3.05, 3.63) is 12.2 Å². The summed E-state index contributed by atoms with van der Waals surface area (Å²) in [7, 11) is 0. The van der Waals surface area contributed by atoms with Crippen LogP contribution in [0.5, 0.6) is 0 Å². The van der Waals surface area contributed by atoms with E-state index in [0.717, 1.165) is 18.2 Å². The maximum atomic E-state index is 5.97. The minimum atomic E-state index is 0.363. The van der Waals surface area contributed by atoms with Gasteiger partial charge in [-0.25, -0.2) is 9.67 Å². The van der Waals surface area contributed by atoms with E-state index in [-0.39, 0.29) is 0 Å². The van der Waals surface area contributed by atoms with Crippen molar-refractivity contribution in [1.29, 1.82) is 0 Å². The van der Waals surface area contributed by atoms with Gasteiger partial charge in [0.05, 0.1) is 6.54 Å². The summed E-state index contributed by atoms with van der Waals surface area (Å²) in [5, 5.41) is 7.81. The monoisotopic (exact) mass is 256 g/mol. The standard InChI is InChI=1S/C12H21ClN4/c1-9(2)17-12(15-8-16-17)7-14-11-5-3-4-10(11)6-13/h8-11,14H,3-7H2,1-2H3. The first-order valence-electron chi connectivity index (χ1n) is 6.40. The molecule has 1 heterocycles. The fourth-order valence-corrected chi connectivity index (χ4v) is 2.91. The first-order valence-corrected chi connectivity index (χ1v) is 6.93. The number of halogens is 1. The lowest BCUT2D eigenvalue weighted by atomic mass is 10.1. The molecule has 0 aromatic carbocycles. The number of nitrogens with one attached hydrogen (secondary N) is 1. The molecule has 96 valence electrons. The second-order valence-electron chi connectivity index (χ2n) is 5.05. The van der Waals surface area contributed by atoms with Crippen molar-refractivity contribution in [2.24, 2.45) is 5.92 Å². The molecule has 1 aliphatic rings. The fraction of sp³-hybridized carbons (Fsp3) is 0.833. The van der Waals surface area contributed by atoms with E-state index in [2.05, 4.69) is 29.2 Å². The molecule has 2 unspecified atom stereocenters. The van der Waals surface area contributed by atoms with Gasteiger partial charge in [0.15, 0.2) is 0 Å². The third-order valence-electron chi connectivity index (χ3n) is 3.52. The van der Waals surface area contributed by atoms with Crippen LogP contribution in [0.2, 0.25) is 0 Å². The molecule has 5 heteroatoms. The largest absolute Gasteiger partial charge is 0.307 e. The van der Waals surface area contributed by atoms with Crippen LogP contribution in [0.4, 0.5) is 0 Å². The van der Waals surface area contributed by atoms with Gasteiger partial charge in [-0.1, -0.05) is 6.42 Å². The molecule has 1 N–H and O–H groups in total. The normalized spacial score (nSPS) is 24.7. The first-order chi connectivity index (χ1) is 8.22. The van der Waals surface area contributed by atoms with Crippen molar-refractivity contribution in [1.82, 2.24) is 20.1 Å². The lowest BCUT2D eigenvalue weighted by Crippen LogP contribution is -2.33. The van der Waals surface area contributed by atoms with Gasteiger partial charge in [0.2, 0.25) is 0 Å². The number of alkyl halides is 1. The van der Waals surface area contributed by atoms with E-state index in [4.69, 9.17) is 11.6 Å². The van der Waals surface area contributed by atoms with Gasteiger partial charge >= 0.3 is 0 Å². The van der Waals surface area contributed by atoms with Crippen LogP contribution < -0.4 is 5.32 Å². The lowest BCUT2D eigenvalue weighted by Gasteiger charge is -2.19. The Morgan fingerprint density at radius 1 is 1.53 bits per heavy atom. The molecular formula is C12H21ClN4. The summed E-state index contributed by atoms with van der Waals surface area (Å²) in [5.74, 6) is 2.39. The summed E-state index contributed by atoms with van der Waals surface area (Å²) in [4.78, 5) is 4.31. The Kier molecular flexibility index (Phi) is 4.40. The van der Waals surface area contributed by atoms with Gasteiger partial charge in [-0.05, 0) is 32.6 Å². The topological polar surface area (TPSA) is 42.7 Å². The summed E-state index contributed by atoms with van der Waals surface area (Å²) in [6.45, 7) is 5.03. The summed E-state index contributed by atoms with van der Waals surface area (Å²) in [6, 6.07) is 0.909. The molecule has 1 aliphatic carbocycles. The molecule has 1 fully saturated rings. The molecule has 0 spiro atoms. The molecule has 4 nitrogen and oxygen atoms in total. The highest BCUT2D eigenvalue weighted by Crippen LogP contribution is 2.26. The van der Waals surface area contributed by atoms with Gasteiger partial charge in [-0.3, -0.25) is 0 Å². The molecule has 0 bridgehead atoms. The van der Waals surface area contributed by atoms with E-state index in [9.17, 15) is 0 Å². The van der Waals surface area contributed by atoms with E-state index < -0.39 is 0 Å². The van der Waals surface area contributed by atoms with Gasteiger partial charge in [0.1, 0.15) is 12.2 Å². The van der Waals surface area contributed by atoms with Crippen LogP contribution in [0.15, 0.2) is 6.33 Å². The molecule has 1 aromatic heterocycles. The van der Waals surface area contributed by atoms with E-state index in [1.165, 1.54) is 19.3 Å². The maximum absolute atomic E-state index is 5.97.